The summed E-state index contributed by atoms with van der Waals surface area (Å²) in [7, 11) is 0. The van der Waals surface area contributed by atoms with E-state index in [1.807, 2.05) is 13.8 Å². The molecule has 7 nitrogen and oxygen atoms in total. The van der Waals surface area contributed by atoms with Gasteiger partial charge in [0.05, 0.1) is 6.54 Å². The molecular weight excluding hydrogens is 262 g/mol. The number of carboxylic acid groups (broad SMARTS) is 1. The van der Waals surface area contributed by atoms with Crippen LogP contribution in [0.5, 0.6) is 0 Å². The summed E-state index contributed by atoms with van der Waals surface area (Å²) in [5.74, 6) is -0.163. The molecule has 0 saturated heterocycles. The summed E-state index contributed by atoms with van der Waals surface area (Å²) in [6.07, 6.45) is 0.489. The zero-order chi connectivity index (χ0) is 15.1. The smallest absolute Gasteiger partial charge is 0.317 e. The number of rotatable bonds is 7. The van der Waals surface area contributed by atoms with Crippen LogP contribution in [0.1, 0.15) is 38.1 Å². The van der Waals surface area contributed by atoms with Gasteiger partial charge < -0.3 is 19.8 Å². The zero-order valence-corrected chi connectivity index (χ0v) is 12.0. The van der Waals surface area contributed by atoms with Gasteiger partial charge in [0, 0.05) is 25.1 Å². The summed E-state index contributed by atoms with van der Waals surface area (Å²) in [6.45, 7) is 6.26. The van der Waals surface area contributed by atoms with Crippen molar-refractivity contribution in [3.63, 3.8) is 0 Å². The number of aryl methyl sites for hydroxylation is 1. The van der Waals surface area contributed by atoms with Crippen LogP contribution in [0.4, 0.5) is 4.79 Å². The van der Waals surface area contributed by atoms with Crippen LogP contribution in [0, 0.1) is 6.92 Å². The Morgan fingerprint density at radius 3 is 2.70 bits per heavy atom. The standard InChI is InChI=1S/C13H21N3O4/c1-9(2)16(6-4-5-12(17)18)13(19)14-8-11-7-10(3)20-15-11/h7,9H,4-6,8H2,1-3H3,(H,14,19)(H,17,18). The fourth-order valence-corrected chi connectivity index (χ4v) is 1.76. The molecule has 0 atom stereocenters. The fourth-order valence-electron chi connectivity index (χ4n) is 1.76. The highest BCUT2D eigenvalue weighted by molar-refractivity contribution is 5.74. The van der Waals surface area contributed by atoms with Gasteiger partial charge in [-0.15, -0.1) is 0 Å². The molecule has 0 saturated carbocycles. The summed E-state index contributed by atoms with van der Waals surface area (Å²) >= 11 is 0. The van der Waals surface area contributed by atoms with Gasteiger partial charge in [0.2, 0.25) is 0 Å². The molecule has 0 bridgehead atoms. The number of aromatic nitrogens is 1. The van der Waals surface area contributed by atoms with E-state index in [-0.39, 0.29) is 18.5 Å². The van der Waals surface area contributed by atoms with Crippen molar-refractivity contribution in [2.45, 2.75) is 46.2 Å². The van der Waals surface area contributed by atoms with E-state index < -0.39 is 5.97 Å². The van der Waals surface area contributed by atoms with E-state index in [1.54, 1.807) is 17.9 Å². The van der Waals surface area contributed by atoms with Gasteiger partial charge in [-0.1, -0.05) is 5.16 Å². The average Bonchev–Trinajstić information content (AvgIpc) is 2.77. The molecular formula is C13H21N3O4. The minimum atomic E-state index is -0.854. The molecule has 1 rings (SSSR count). The molecule has 1 heterocycles. The van der Waals surface area contributed by atoms with Crippen molar-refractivity contribution < 1.29 is 19.2 Å². The van der Waals surface area contributed by atoms with E-state index in [2.05, 4.69) is 10.5 Å². The van der Waals surface area contributed by atoms with Crippen molar-refractivity contribution in [1.82, 2.24) is 15.4 Å². The van der Waals surface area contributed by atoms with Crippen LogP contribution in [0.3, 0.4) is 0 Å². The highest BCUT2D eigenvalue weighted by atomic mass is 16.5. The summed E-state index contributed by atoms with van der Waals surface area (Å²) < 4.78 is 4.92. The Hall–Kier alpha value is -2.05. The predicted octanol–water partition coefficient (Wildman–Crippen LogP) is 1.77. The van der Waals surface area contributed by atoms with E-state index >= 15 is 0 Å². The molecule has 0 aliphatic rings. The molecule has 0 spiro atoms. The minimum Gasteiger partial charge on any atom is -0.481 e. The van der Waals surface area contributed by atoms with Crippen molar-refractivity contribution in [1.29, 1.82) is 0 Å². The SMILES string of the molecule is Cc1cc(CNC(=O)N(CCCC(=O)O)C(C)C)no1. The highest BCUT2D eigenvalue weighted by Gasteiger charge is 2.17. The molecule has 0 fully saturated rings. The molecule has 0 aliphatic heterocycles. The summed E-state index contributed by atoms with van der Waals surface area (Å²) in [4.78, 5) is 24.2. The first-order valence-electron chi connectivity index (χ1n) is 6.58. The van der Waals surface area contributed by atoms with Crippen molar-refractivity contribution in [3.05, 3.63) is 17.5 Å². The van der Waals surface area contributed by atoms with Gasteiger partial charge in [-0.3, -0.25) is 4.79 Å². The summed E-state index contributed by atoms with van der Waals surface area (Å²) in [6, 6.07) is 1.53. The largest absolute Gasteiger partial charge is 0.481 e. The van der Waals surface area contributed by atoms with Gasteiger partial charge in [0.1, 0.15) is 11.5 Å². The van der Waals surface area contributed by atoms with Gasteiger partial charge >= 0.3 is 12.0 Å². The zero-order valence-electron chi connectivity index (χ0n) is 12.0. The Kier molecular flexibility index (Phi) is 6.02. The normalized spacial score (nSPS) is 10.6. The Balaban J connectivity index is 2.45. The number of nitrogens with zero attached hydrogens (tertiary/aromatic N) is 2. The topological polar surface area (TPSA) is 95.7 Å². The maximum atomic E-state index is 12.0. The maximum Gasteiger partial charge on any atom is 0.317 e. The third-order valence-electron chi connectivity index (χ3n) is 2.77. The number of aliphatic carboxylic acids is 1. The maximum absolute atomic E-state index is 12.0. The lowest BCUT2D eigenvalue weighted by Crippen LogP contribution is -2.44. The van der Waals surface area contributed by atoms with Gasteiger partial charge in [0.25, 0.3) is 0 Å². The second-order valence-corrected chi connectivity index (χ2v) is 4.87. The second-order valence-electron chi connectivity index (χ2n) is 4.87. The summed E-state index contributed by atoms with van der Waals surface area (Å²) in [5.41, 5.74) is 0.657. The quantitative estimate of drug-likeness (QED) is 0.795. The molecule has 2 N–H and O–H groups in total. The average molecular weight is 283 g/mol. The van der Waals surface area contributed by atoms with Gasteiger partial charge in [0.15, 0.2) is 0 Å². The number of carbonyl (C=O) groups is 2. The molecule has 0 radical (unpaired) electrons. The van der Waals surface area contributed by atoms with Gasteiger partial charge in [-0.25, -0.2) is 4.79 Å². The Labute approximate surface area is 117 Å². The number of hydrogen-bond acceptors (Lipinski definition) is 4. The Morgan fingerprint density at radius 2 is 2.20 bits per heavy atom. The first-order valence-corrected chi connectivity index (χ1v) is 6.58. The lowest BCUT2D eigenvalue weighted by molar-refractivity contribution is -0.137. The third-order valence-corrected chi connectivity index (χ3v) is 2.77. The second kappa shape index (κ2) is 7.52. The van der Waals surface area contributed by atoms with E-state index in [1.165, 1.54) is 0 Å². The Bertz CT molecular complexity index is 456. The van der Waals surface area contributed by atoms with Crippen LogP contribution >= 0.6 is 0 Å². The number of carbonyl (C=O) groups excluding carboxylic acids is 1. The van der Waals surface area contributed by atoms with Crippen LogP contribution in [-0.4, -0.2) is 39.8 Å². The number of hydrogen-bond donors (Lipinski definition) is 2. The van der Waals surface area contributed by atoms with Crippen molar-refractivity contribution >= 4 is 12.0 Å². The van der Waals surface area contributed by atoms with Gasteiger partial charge in [-0.2, -0.15) is 0 Å². The van der Waals surface area contributed by atoms with Crippen LogP contribution in [-0.2, 0) is 11.3 Å². The molecule has 1 aromatic heterocycles. The third kappa shape index (κ3) is 5.29. The number of nitrogens with one attached hydrogen (secondary N) is 1. The van der Waals surface area contributed by atoms with Crippen LogP contribution in [0.15, 0.2) is 10.6 Å². The van der Waals surface area contributed by atoms with Gasteiger partial charge in [-0.05, 0) is 27.2 Å². The minimum absolute atomic E-state index is 0.00263. The molecule has 2 amide bonds. The lowest BCUT2D eigenvalue weighted by Gasteiger charge is -2.26. The van der Waals surface area contributed by atoms with E-state index in [4.69, 9.17) is 9.63 Å². The number of urea groups is 1. The van der Waals surface area contributed by atoms with Crippen LogP contribution in [0.2, 0.25) is 0 Å². The van der Waals surface area contributed by atoms with E-state index in [9.17, 15) is 9.59 Å². The van der Waals surface area contributed by atoms with Crippen LogP contribution in [0.25, 0.3) is 0 Å². The molecule has 0 aromatic carbocycles. The first-order chi connectivity index (χ1) is 9.40. The predicted molar refractivity (Wildman–Crippen MR) is 72.2 cm³/mol. The molecule has 20 heavy (non-hydrogen) atoms. The Morgan fingerprint density at radius 1 is 1.50 bits per heavy atom. The fraction of sp³-hybridized carbons (Fsp3) is 0.615. The van der Waals surface area contributed by atoms with Crippen molar-refractivity contribution in [2.24, 2.45) is 0 Å². The molecule has 0 unspecified atom stereocenters. The van der Waals surface area contributed by atoms with Crippen molar-refractivity contribution in [3.8, 4) is 0 Å². The number of carboxylic acids is 1. The van der Waals surface area contributed by atoms with E-state index in [0.717, 1.165) is 0 Å². The summed E-state index contributed by atoms with van der Waals surface area (Å²) in [5, 5.41) is 15.2. The van der Waals surface area contributed by atoms with E-state index in [0.29, 0.717) is 31.0 Å². The molecule has 1 aromatic rings. The first kappa shape index (κ1) is 16.0. The molecule has 0 aliphatic carbocycles. The number of amides is 2. The van der Waals surface area contributed by atoms with Crippen molar-refractivity contribution in [2.75, 3.05) is 6.54 Å². The molecule has 112 valence electrons. The molecule has 7 heteroatoms. The lowest BCUT2D eigenvalue weighted by atomic mass is 10.2. The van der Waals surface area contributed by atoms with Crippen LogP contribution < -0.4 is 5.32 Å². The monoisotopic (exact) mass is 283 g/mol. The highest BCUT2D eigenvalue weighted by Crippen LogP contribution is 2.05.